The highest BCUT2D eigenvalue weighted by Gasteiger charge is 2.20. The third-order valence-corrected chi connectivity index (χ3v) is 3.45. The third-order valence-electron chi connectivity index (χ3n) is 3.16. The van der Waals surface area contributed by atoms with Crippen LogP contribution in [0.25, 0.3) is 0 Å². The molecule has 0 amide bonds. The number of hydrogen-bond acceptors (Lipinski definition) is 4. The first kappa shape index (κ1) is 14.8. The molecule has 0 aliphatic heterocycles. The lowest BCUT2D eigenvalue weighted by Crippen LogP contribution is -2.31. The number of benzene rings is 1. The Morgan fingerprint density at radius 3 is 2.65 bits per heavy atom. The molecular weight excluding hydrogens is 276 g/mol. The number of hydrogen-bond donors (Lipinski definition) is 2. The van der Waals surface area contributed by atoms with Crippen molar-refractivity contribution in [1.82, 2.24) is 15.2 Å². The predicted molar refractivity (Wildman–Crippen MR) is 79.7 cm³/mol. The molecule has 0 radical (unpaired) electrons. The first-order chi connectivity index (χ1) is 9.71. The van der Waals surface area contributed by atoms with Crippen LogP contribution in [0.2, 0.25) is 5.02 Å². The summed E-state index contributed by atoms with van der Waals surface area (Å²) >= 11 is 6.26. The van der Waals surface area contributed by atoms with Gasteiger partial charge in [-0.05, 0) is 24.1 Å². The van der Waals surface area contributed by atoms with Crippen LogP contribution in [0.15, 0.2) is 30.5 Å². The number of nitrogens with one attached hydrogen (secondary N) is 1. The van der Waals surface area contributed by atoms with E-state index in [1.165, 1.54) is 0 Å². The zero-order valence-electron chi connectivity index (χ0n) is 11.6. The van der Waals surface area contributed by atoms with Crippen LogP contribution in [0.4, 0.5) is 0 Å². The number of methoxy groups -OCH3 is 1. The van der Waals surface area contributed by atoms with Gasteiger partial charge < -0.3 is 4.74 Å². The maximum absolute atomic E-state index is 6.26. The van der Waals surface area contributed by atoms with Crippen LogP contribution in [0.3, 0.4) is 0 Å². The molecule has 1 aromatic heterocycles. The Hall–Kier alpha value is -1.56. The van der Waals surface area contributed by atoms with Gasteiger partial charge in [-0.3, -0.25) is 10.5 Å². The van der Waals surface area contributed by atoms with Crippen molar-refractivity contribution in [3.63, 3.8) is 0 Å². The third kappa shape index (κ3) is 2.95. The van der Waals surface area contributed by atoms with Crippen LogP contribution in [0.1, 0.15) is 30.6 Å². The van der Waals surface area contributed by atoms with Crippen molar-refractivity contribution >= 4 is 11.6 Å². The Bertz CT molecular complexity index is 553. The van der Waals surface area contributed by atoms with E-state index in [4.69, 9.17) is 22.2 Å². The summed E-state index contributed by atoms with van der Waals surface area (Å²) in [5, 5.41) is 4.91. The number of nitrogens with zero attached hydrogens (tertiary/aromatic N) is 2. The lowest BCUT2D eigenvalue weighted by atomic mass is 10.0. The van der Waals surface area contributed by atoms with Crippen molar-refractivity contribution in [2.45, 2.75) is 25.9 Å². The molecule has 0 fully saturated rings. The van der Waals surface area contributed by atoms with Crippen LogP contribution in [0, 0.1) is 0 Å². The Labute approximate surface area is 123 Å². The fourth-order valence-corrected chi connectivity index (χ4v) is 2.43. The molecule has 5 nitrogen and oxygen atoms in total. The van der Waals surface area contributed by atoms with Crippen LogP contribution >= 0.6 is 11.6 Å². The second kappa shape index (κ2) is 6.74. The molecule has 2 rings (SSSR count). The van der Waals surface area contributed by atoms with E-state index in [9.17, 15) is 0 Å². The summed E-state index contributed by atoms with van der Waals surface area (Å²) in [6.45, 7) is 2.90. The first-order valence-corrected chi connectivity index (χ1v) is 6.90. The molecule has 20 heavy (non-hydrogen) atoms. The molecule has 0 bridgehead atoms. The summed E-state index contributed by atoms with van der Waals surface area (Å²) in [4.78, 5) is 0. The van der Waals surface area contributed by atoms with Crippen molar-refractivity contribution in [3.05, 3.63) is 46.7 Å². The normalized spacial score (nSPS) is 12.4. The Morgan fingerprint density at radius 2 is 2.10 bits per heavy atom. The summed E-state index contributed by atoms with van der Waals surface area (Å²) in [5.74, 6) is 6.52. The fourth-order valence-electron chi connectivity index (χ4n) is 2.18. The monoisotopic (exact) mass is 294 g/mol. The number of hydrazine groups is 1. The Balaban J connectivity index is 2.38. The van der Waals surface area contributed by atoms with Gasteiger partial charge >= 0.3 is 0 Å². The summed E-state index contributed by atoms with van der Waals surface area (Å²) in [5.41, 5.74) is 4.70. The molecular formula is C14H19ClN4O. The van der Waals surface area contributed by atoms with Gasteiger partial charge in [-0.2, -0.15) is 5.10 Å². The van der Waals surface area contributed by atoms with Crippen molar-refractivity contribution in [1.29, 1.82) is 0 Å². The fraction of sp³-hybridized carbons (Fsp3) is 0.357. The number of aryl methyl sites for hydroxylation is 1. The maximum Gasteiger partial charge on any atom is 0.118 e. The number of halogens is 1. The number of ether oxygens (including phenoxy) is 1. The topological polar surface area (TPSA) is 65.1 Å². The molecule has 2 aromatic rings. The molecule has 0 saturated carbocycles. The van der Waals surface area contributed by atoms with E-state index < -0.39 is 0 Å². The van der Waals surface area contributed by atoms with Crippen molar-refractivity contribution in [2.75, 3.05) is 7.11 Å². The zero-order chi connectivity index (χ0) is 14.5. The standard InChI is InChI=1S/C14H19ClN4O/c1-3-8-19-14(12(15)9-17-19)13(18-16)10-4-6-11(20-2)7-5-10/h4-7,9,13,18H,3,8,16H2,1-2H3. The lowest BCUT2D eigenvalue weighted by Gasteiger charge is -2.19. The highest BCUT2D eigenvalue weighted by molar-refractivity contribution is 6.31. The SMILES string of the molecule is CCCn1ncc(Cl)c1C(NN)c1ccc(OC)cc1. The molecule has 108 valence electrons. The average Bonchev–Trinajstić information content (AvgIpc) is 2.83. The van der Waals surface area contributed by atoms with E-state index in [1.807, 2.05) is 28.9 Å². The quantitative estimate of drug-likeness (QED) is 0.635. The van der Waals surface area contributed by atoms with Crippen LogP contribution in [-0.4, -0.2) is 16.9 Å². The van der Waals surface area contributed by atoms with E-state index >= 15 is 0 Å². The molecule has 6 heteroatoms. The van der Waals surface area contributed by atoms with Gasteiger partial charge in [0.2, 0.25) is 0 Å². The molecule has 1 heterocycles. The van der Waals surface area contributed by atoms with E-state index in [-0.39, 0.29) is 6.04 Å². The van der Waals surface area contributed by atoms with E-state index in [0.717, 1.165) is 30.0 Å². The summed E-state index contributed by atoms with van der Waals surface area (Å²) < 4.78 is 7.05. The van der Waals surface area contributed by atoms with Crippen molar-refractivity contribution in [2.24, 2.45) is 5.84 Å². The molecule has 0 aliphatic carbocycles. The second-order valence-corrected chi connectivity index (χ2v) is 4.88. The number of nitrogens with two attached hydrogens (primary N) is 1. The smallest absolute Gasteiger partial charge is 0.118 e. The van der Waals surface area contributed by atoms with Crippen molar-refractivity contribution in [3.8, 4) is 5.75 Å². The minimum atomic E-state index is -0.206. The van der Waals surface area contributed by atoms with Crippen LogP contribution in [-0.2, 0) is 6.54 Å². The molecule has 1 atom stereocenters. The number of rotatable bonds is 6. The lowest BCUT2D eigenvalue weighted by molar-refractivity contribution is 0.414. The van der Waals surface area contributed by atoms with Gasteiger partial charge in [-0.25, -0.2) is 5.43 Å². The average molecular weight is 295 g/mol. The number of aromatic nitrogens is 2. The van der Waals surface area contributed by atoms with Gasteiger partial charge in [0.25, 0.3) is 0 Å². The molecule has 3 N–H and O–H groups in total. The van der Waals surface area contributed by atoms with Gasteiger partial charge in [0.15, 0.2) is 0 Å². The van der Waals surface area contributed by atoms with Gasteiger partial charge in [-0.1, -0.05) is 30.7 Å². The molecule has 0 saturated heterocycles. The molecule has 0 aliphatic rings. The largest absolute Gasteiger partial charge is 0.497 e. The van der Waals surface area contributed by atoms with Gasteiger partial charge in [0.1, 0.15) is 5.75 Å². The van der Waals surface area contributed by atoms with E-state index in [1.54, 1.807) is 13.3 Å². The van der Waals surface area contributed by atoms with Crippen LogP contribution in [0.5, 0.6) is 5.75 Å². The minimum absolute atomic E-state index is 0.206. The maximum atomic E-state index is 6.26. The second-order valence-electron chi connectivity index (χ2n) is 4.47. The Morgan fingerprint density at radius 1 is 1.40 bits per heavy atom. The minimum Gasteiger partial charge on any atom is -0.497 e. The van der Waals surface area contributed by atoms with Gasteiger partial charge in [0, 0.05) is 6.54 Å². The Kier molecular flexibility index (Phi) is 5.00. The molecule has 1 aromatic carbocycles. The zero-order valence-corrected chi connectivity index (χ0v) is 12.4. The first-order valence-electron chi connectivity index (χ1n) is 6.52. The summed E-state index contributed by atoms with van der Waals surface area (Å²) in [6.07, 6.45) is 2.63. The van der Waals surface area contributed by atoms with Crippen molar-refractivity contribution < 1.29 is 4.74 Å². The highest BCUT2D eigenvalue weighted by Crippen LogP contribution is 2.29. The highest BCUT2D eigenvalue weighted by atomic mass is 35.5. The van der Waals surface area contributed by atoms with E-state index in [2.05, 4.69) is 17.4 Å². The van der Waals surface area contributed by atoms with Crippen LogP contribution < -0.4 is 16.0 Å². The summed E-state index contributed by atoms with van der Waals surface area (Å²) in [7, 11) is 1.64. The molecule has 1 unspecified atom stereocenters. The predicted octanol–water partition coefficient (Wildman–Crippen LogP) is 2.51. The molecule has 0 spiro atoms. The van der Waals surface area contributed by atoms with Gasteiger partial charge in [-0.15, -0.1) is 0 Å². The van der Waals surface area contributed by atoms with Gasteiger partial charge in [0.05, 0.1) is 30.1 Å². The summed E-state index contributed by atoms with van der Waals surface area (Å²) in [6, 6.07) is 7.51. The van der Waals surface area contributed by atoms with E-state index in [0.29, 0.717) is 5.02 Å².